The fourth-order valence-corrected chi connectivity index (χ4v) is 4.17. The second-order valence-corrected chi connectivity index (χ2v) is 7.59. The van der Waals surface area contributed by atoms with Crippen LogP contribution in [-0.4, -0.2) is 19.1 Å². The van der Waals surface area contributed by atoms with Crippen molar-refractivity contribution in [2.75, 3.05) is 13.2 Å². The van der Waals surface area contributed by atoms with Gasteiger partial charge in [-0.1, -0.05) is 48.0 Å². The number of carbonyl (C=O) groups is 1. The minimum Gasteiger partial charge on any atom is -0.486 e. The number of carbonyl (C=O) groups excluding carboxylic acids is 1. The molecule has 2 aromatic carbocycles. The van der Waals surface area contributed by atoms with Gasteiger partial charge in [0.25, 0.3) is 0 Å². The molecule has 1 aliphatic rings. The van der Waals surface area contributed by atoms with E-state index < -0.39 is 0 Å². The molecule has 3 aromatic rings. The fraction of sp³-hybridized carbons (Fsp3) is 0.190. The highest BCUT2D eigenvalue weighted by atomic mass is 35.5. The van der Waals surface area contributed by atoms with Crippen LogP contribution in [0.15, 0.2) is 60.0 Å². The van der Waals surface area contributed by atoms with Crippen molar-refractivity contribution in [3.8, 4) is 11.5 Å². The third kappa shape index (κ3) is 4.10. The standard InChI is InChI=1S/C21H18ClNO3S/c22-16-11-14(12-17-21(16)26-9-8-25-17)13-19(24)23-20(18-7-4-10-27-18)15-5-2-1-3-6-15/h1-7,10-12,20H,8-9,13H2,(H,23,24). The van der Waals surface area contributed by atoms with Crippen molar-refractivity contribution in [1.29, 1.82) is 0 Å². The smallest absolute Gasteiger partial charge is 0.225 e. The van der Waals surface area contributed by atoms with E-state index >= 15 is 0 Å². The summed E-state index contributed by atoms with van der Waals surface area (Å²) in [7, 11) is 0. The predicted octanol–water partition coefficient (Wildman–Crippen LogP) is 4.62. The van der Waals surface area contributed by atoms with E-state index in [0.29, 0.717) is 29.7 Å². The minimum absolute atomic E-state index is 0.0787. The van der Waals surface area contributed by atoms with E-state index in [2.05, 4.69) is 5.32 Å². The molecule has 4 rings (SSSR count). The number of benzene rings is 2. The first-order chi connectivity index (χ1) is 13.2. The second kappa shape index (κ2) is 8.03. The summed E-state index contributed by atoms with van der Waals surface area (Å²) in [4.78, 5) is 13.8. The van der Waals surface area contributed by atoms with Gasteiger partial charge in [-0.15, -0.1) is 11.3 Å². The van der Waals surface area contributed by atoms with Gasteiger partial charge >= 0.3 is 0 Å². The van der Waals surface area contributed by atoms with Crippen molar-refractivity contribution in [3.63, 3.8) is 0 Å². The van der Waals surface area contributed by atoms with Crippen LogP contribution < -0.4 is 14.8 Å². The monoisotopic (exact) mass is 399 g/mol. The Morgan fingerprint density at radius 1 is 1.11 bits per heavy atom. The van der Waals surface area contributed by atoms with Crippen LogP contribution in [0, 0.1) is 0 Å². The van der Waals surface area contributed by atoms with E-state index in [9.17, 15) is 4.79 Å². The van der Waals surface area contributed by atoms with Crippen LogP contribution in [0.1, 0.15) is 22.0 Å². The zero-order chi connectivity index (χ0) is 18.6. The first-order valence-electron chi connectivity index (χ1n) is 8.66. The Balaban J connectivity index is 1.53. The molecule has 1 aliphatic heterocycles. The molecule has 138 valence electrons. The van der Waals surface area contributed by atoms with Gasteiger partial charge in [0.05, 0.1) is 17.5 Å². The number of ether oxygens (including phenoxy) is 2. The number of hydrogen-bond acceptors (Lipinski definition) is 4. The number of thiophene rings is 1. The van der Waals surface area contributed by atoms with Crippen LogP contribution in [0.5, 0.6) is 11.5 Å². The van der Waals surface area contributed by atoms with Gasteiger partial charge in [-0.25, -0.2) is 0 Å². The van der Waals surface area contributed by atoms with Crippen LogP contribution >= 0.6 is 22.9 Å². The molecule has 0 saturated heterocycles. The molecule has 1 amide bonds. The molecule has 0 fully saturated rings. The maximum Gasteiger partial charge on any atom is 0.225 e. The molecule has 0 spiro atoms. The molecule has 6 heteroatoms. The summed E-state index contributed by atoms with van der Waals surface area (Å²) in [5, 5.41) is 5.62. The van der Waals surface area contributed by atoms with Crippen LogP contribution in [-0.2, 0) is 11.2 Å². The van der Waals surface area contributed by atoms with E-state index in [4.69, 9.17) is 21.1 Å². The maximum atomic E-state index is 12.7. The topological polar surface area (TPSA) is 47.6 Å². The third-order valence-corrected chi connectivity index (χ3v) is 5.51. The summed E-state index contributed by atoms with van der Waals surface area (Å²) in [5.74, 6) is 1.06. The normalized spacial score (nSPS) is 13.8. The van der Waals surface area contributed by atoms with Crippen molar-refractivity contribution in [2.24, 2.45) is 0 Å². The lowest BCUT2D eigenvalue weighted by Crippen LogP contribution is -2.30. The van der Waals surface area contributed by atoms with E-state index in [1.165, 1.54) is 0 Å². The SMILES string of the molecule is O=C(Cc1cc(Cl)c2c(c1)OCCO2)NC(c1ccccc1)c1cccs1. The van der Waals surface area contributed by atoms with Gasteiger partial charge in [0.2, 0.25) is 5.91 Å². The summed E-state index contributed by atoms with van der Waals surface area (Å²) < 4.78 is 11.1. The van der Waals surface area contributed by atoms with Gasteiger partial charge in [-0.3, -0.25) is 4.79 Å². The van der Waals surface area contributed by atoms with Crippen molar-refractivity contribution < 1.29 is 14.3 Å². The van der Waals surface area contributed by atoms with Crippen molar-refractivity contribution in [3.05, 3.63) is 81.0 Å². The molecule has 1 N–H and O–H groups in total. The van der Waals surface area contributed by atoms with Crippen molar-refractivity contribution in [2.45, 2.75) is 12.5 Å². The fourth-order valence-electron chi connectivity index (χ4n) is 3.08. The average molecular weight is 400 g/mol. The Hall–Kier alpha value is -2.50. The maximum absolute atomic E-state index is 12.7. The molecule has 4 nitrogen and oxygen atoms in total. The molecule has 0 aliphatic carbocycles. The van der Waals surface area contributed by atoms with E-state index in [1.54, 1.807) is 17.4 Å². The van der Waals surface area contributed by atoms with Gasteiger partial charge < -0.3 is 14.8 Å². The Labute approximate surface area is 166 Å². The lowest BCUT2D eigenvalue weighted by Gasteiger charge is -2.21. The molecule has 1 unspecified atom stereocenters. The summed E-state index contributed by atoms with van der Waals surface area (Å²) in [6.07, 6.45) is 0.213. The Kier molecular flexibility index (Phi) is 5.32. The van der Waals surface area contributed by atoms with Crippen LogP contribution in [0.3, 0.4) is 0 Å². The van der Waals surface area contributed by atoms with Crippen molar-refractivity contribution in [1.82, 2.24) is 5.32 Å². The molecule has 2 heterocycles. The highest BCUT2D eigenvalue weighted by molar-refractivity contribution is 7.10. The number of amides is 1. The van der Waals surface area contributed by atoms with Gasteiger partial charge in [-0.2, -0.15) is 0 Å². The number of hydrogen-bond donors (Lipinski definition) is 1. The van der Waals surface area contributed by atoms with Crippen LogP contribution in [0.2, 0.25) is 5.02 Å². The summed E-state index contributed by atoms with van der Waals surface area (Å²) in [6.45, 7) is 0.958. The van der Waals surface area contributed by atoms with E-state index in [0.717, 1.165) is 16.0 Å². The van der Waals surface area contributed by atoms with Gasteiger partial charge in [-0.05, 0) is 34.7 Å². The Morgan fingerprint density at radius 2 is 1.93 bits per heavy atom. The highest BCUT2D eigenvalue weighted by Crippen LogP contribution is 2.38. The number of fused-ring (bicyclic) bond motifs is 1. The molecule has 1 aromatic heterocycles. The van der Waals surface area contributed by atoms with E-state index in [-0.39, 0.29) is 18.4 Å². The highest BCUT2D eigenvalue weighted by Gasteiger charge is 2.20. The van der Waals surface area contributed by atoms with Crippen LogP contribution in [0.25, 0.3) is 0 Å². The number of rotatable bonds is 5. The molecular weight excluding hydrogens is 382 g/mol. The minimum atomic E-state index is -0.175. The zero-order valence-electron chi connectivity index (χ0n) is 14.5. The van der Waals surface area contributed by atoms with Gasteiger partial charge in [0.15, 0.2) is 11.5 Å². The molecule has 0 radical (unpaired) electrons. The molecule has 0 saturated carbocycles. The summed E-state index contributed by atoms with van der Waals surface area (Å²) in [5.41, 5.74) is 1.84. The quantitative estimate of drug-likeness (QED) is 0.680. The van der Waals surface area contributed by atoms with Crippen LogP contribution in [0.4, 0.5) is 0 Å². The number of nitrogens with one attached hydrogen (secondary N) is 1. The molecule has 27 heavy (non-hydrogen) atoms. The Bertz CT molecular complexity index is 928. The Morgan fingerprint density at radius 3 is 2.70 bits per heavy atom. The molecule has 1 atom stereocenters. The van der Waals surface area contributed by atoms with E-state index in [1.807, 2.05) is 53.9 Å². The molecular formula is C21H18ClNO3S. The van der Waals surface area contributed by atoms with Gasteiger partial charge in [0.1, 0.15) is 13.2 Å². The largest absolute Gasteiger partial charge is 0.486 e. The van der Waals surface area contributed by atoms with Gasteiger partial charge in [0, 0.05) is 4.88 Å². The zero-order valence-corrected chi connectivity index (χ0v) is 16.1. The molecule has 0 bridgehead atoms. The predicted molar refractivity (Wildman–Crippen MR) is 107 cm³/mol. The third-order valence-electron chi connectivity index (χ3n) is 4.29. The first kappa shape index (κ1) is 17.9. The summed E-state index contributed by atoms with van der Waals surface area (Å²) in [6, 6.07) is 17.4. The lowest BCUT2D eigenvalue weighted by atomic mass is 10.0. The summed E-state index contributed by atoms with van der Waals surface area (Å²) >= 11 is 7.90. The number of halogens is 1. The average Bonchev–Trinajstić information content (AvgIpc) is 3.21. The lowest BCUT2D eigenvalue weighted by molar-refractivity contribution is -0.120. The van der Waals surface area contributed by atoms with Crippen molar-refractivity contribution >= 4 is 28.8 Å². The second-order valence-electron chi connectivity index (χ2n) is 6.21. The first-order valence-corrected chi connectivity index (χ1v) is 9.92.